The Kier molecular flexibility index (Phi) is 6.98. The summed E-state index contributed by atoms with van der Waals surface area (Å²) < 4.78 is 6.81. The third-order valence-electron chi connectivity index (χ3n) is 6.47. The van der Waals surface area contributed by atoms with Gasteiger partial charge in [-0.1, -0.05) is 5.21 Å². The topological polar surface area (TPSA) is 128 Å². The molecule has 1 aliphatic carbocycles. The Bertz CT molecular complexity index is 1410. The Morgan fingerprint density at radius 2 is 2.03 bits per heavy atom. The zero-order valence-electron chi connectivity index (χ0n) is 21.0. The lowest BCUT2D eigenvalue weighted by molar-refractivity contribution is -0.151. The summed E-state index contributed by atoms with van der Waals surface area (Å²) in [5.41, 5.74) is 2.41. The van der Waals surface area contributed by atoms with Crippen molar-refractivity contribution in [1.82, 2.24) is 29.9 Å². The molecule has 2 N–H and O–H groups in total. The Hall–Kier alpha value is -3.70. The van der Waals surface area contributed by atoms with Gasteiger partial charge in [-0.2, -0.15) is 0 Å². The fourth-order valence-electron chi connectivity index (χ4n) is 4.54. The van der Waals surface area contributed by atoms with Crippen molar-refractivity contribution in [3.63, 3.8) is 0 Å². The number of esters is 1. The van der Waals surface area contributed by atoms with Crippen LogP contribution in [0.25, 0.3) is 21.8 Å². The molecule has 4 aromatic rings. The standard InChI is InChI=1S/C26H29N7O3S/c1-4-36-24(34)17-5-8-26(35,9-6-17)25-28-14-21(37-25)19-11-16(2)12-23(29-19)30-22-13-18(7-10-27-22)20-15-33(3)32-31-20/h7,10-15,17,35H,4-6,8-9H2,1-3H3,(H,27,29,30)/t17-,26-. The van der Waals surface area contributed by atoms with Gasteiger partial charge in [0.05, 0.1) is 29.3 Å². The first-order valence-electron chi connectivity index (χ1n) is 12.3. The first-order valence-corrected chi connectivity index (χ1v) is 13.1. The van der Waals surface area contributed by atoms with E-state index in [-0.39, 0.29) is 11.9 Å². The molecule has 4 aromatic heterocycles. The molecule has 1 saturated carbocycles. The van der Waals surface area contributed by atoms with E-state index in [0.717, 1.165) is 27.4 Å². The number of pyridine rings is 2. The van der Waals surface area contributed by atoms with Gasteiger partial charge in [0.2, 0.25) is 0 Å². The van der Waals surface area contributed by atoms with Crippen LogP contribution in [0.15, 0.2) is 42.9 Å². The van der Waals surface area contributed by atoms with Crippen LogP contribution in [0.4, 0.5) is 11.6 Å². The van der Waals surface area contributed by atoms with Crippen LogP contribution in [0.1, 0.15) is 43.2 Å². The molecule has 5 rings (SSSR count). The molecule has 0 spiro atoms. The minimum Gasteiger partial charge on any atom is -0.466 e. The molecule has 192 valence electrons. The van der Waals surface area contributed by atoms with E-state index in [9.17, 15) is 9.90 Å². The number of nitrogens with zero attached hydrogens (tertiary/aromatic N) is 6. The first-order chi connectivity index (χ1) is 17.8. The Morgan fingerprint density at radius 3 is 2.76 bits per heavy atom. The number of rotatable bonds is 7. The van der Waals surface area contributed by atoms with Gasteiger partial charge in [-0.25, -0.2) is 15.0 Å². The number of aliphatic hydroxyl groups is 1. The summed E-state index contributed by atoms with van der Waals surface area (Å²) in [5, 5.41) is 23.4. The van der Waals surface area contributed by atoms with Crippen LogP contribution < -0.4 is 5.32 Å². The van der Waals surface area contributed by atoms with E-state index in [1.54, 1.807) is 17.1 Å². The van der Waals surface area contributed by atoms with Crippen LogP contribution in [0.5, 0.6) is 0 Å². The predicted octanol–water partition coefficient (Wildman–Crippen LogP) is 4.39. The summed E-state index contributed by atoms with van der Waals surface area (Å²) in [7, 11) is 1.83. The minimum atomic E-state index is -1.04. The second-order valence-corrected chi connectivity index (χ2v) is 10.4. The van der Waals surface area contributed by atoms with Crippen molar-refractivity contribution in [2.45, 2.75) is 45.1 Å². The maximum Gasteiger partial charge on any atom is 0.308 e. The number of carbonyl (C=O) groups excluding carboxylic acids is 1. The Balaban J connectivity index is 1.33. The largest absolute Gasteiger partial charge is 0.466 e. The van der Waals surface area contributed by atoms with E-state index in [4.69, 9.17) is 9.72 Å². The van der Waals surface area contributed by atoms with E-state index in [2.05, 4.69) is 25.6 Å². The highest BCUT2D eigenvalue weighted by Gasteiger charge is 2.39. The molecule has 0 aliphatic heterocycles. The van der Waals surface area contributed by atoms with E-state index in [0.29, 0.717) is 48.9 Å². The number of aryl methyl sites for hydroxylation is 2. The zero-order chi connectivity index (χ0) is 26.0. The molecule has 0 unspecified atom stereocenters. The lowest BCUT2D eigenvalue weighted by Gasteiger charge is -2.33. The molecule has 1 aliphatic rings. The smallest absolute Gasteiger partial charge is 0.308 e. The van der Waals surface area contributed by atoms with Crippen LogP contribution in [0.3, 0.4) is 0 Å². The lowest BCUT2D eigenvalue weighted by Crippen LogP contribution is -2.34. The molecule has 0 amide bonds. The molecular formula is C26H29N7O3S. The highest BCUT2D eigenvalue weighted by Crippen LogP contribution is 2.42. The first kappa shape index (κ1) is 25.0. The second kappa shape index (κ2) is 10.3. The number of nitrogens with one attached hydrogen (secondary N) is 1. The molecule has 0 atom stereocenters. The van der Waals surface area contributed by atoms with E-state index < -0.39 is 5.60 Å². The monoisotopic (exact) mass is 519 g/mol. The van der Waals surface area contributed by atoms with Gasteiger partial charge in [0, 0.05) is 25.0 Å². The summed E-state index contributed by atoms with van der Waals surface area (Å²) in [6.07, 6.45) is 7.45. The zero-order valence-corrected chi connectivity index (χ0v) is 21.8. The average Bonchev–Trinajstić information content (AvgIpc) is 3.55. The van der Waals surface area contributed by atoms with Crippen molar-refractivity contribution in [2.24, 2.45) is 13.0 Å². The maximum absolute atomic E-state index is 12.1. The van der Waals surface area contributed by atoms with E-state index in [1.165, 1.54) is 11.3 Å². The molecule has 0 bridgehead atoms. The summed E-state index contributed by atoms with van der Waals surface area (Å²) in [4.78, 5) is 26.7. The number of ether oxygens (including phenoxy) is 1. The quantitative estimate of drug-likeness (QED) is 0.342. The van der Waals surface area contributed by atoms with Crippen molar-refractivity contribution >= 4 is 28.9 Å². The predicted molar refractivity (Wildman–Crippen MR) is 140 cm³/mol. The van der Waals surface area contributed by atoms with Crippen molar-refractivity contribution < 1.29 is 14.6 Å². The molecule has 0 radical (unpaired) electrons. The van der Waals surface area contributed by atoms with Crippen molar-refractivity contribution in [3.8, 4) is 21.8 Å². The number of anilines is 2. The summed E-state index contributed by atoms with van der Waals surface area (Å²) in [6, 6.07) is 7.73. The van der Waals surface area contributed by atoms with Gasteiger partial charge in [0.25, 0.3) is 0 Å². The van der Waals surface area contributed by atoms with Crippen LogP contribution in [0.2, 0.25) is 0 Å². The third-order valence-corrected chi connectivity index (χ3v) is 7.69. The van der Waals surface area contributed by atoms with Gasteiger partial charge >= 0.3 is 5.97 Å². The van der Waals surface area contributed by atoms with Gasteiger partial charge < -0.3 is 15.2 Å². The number of hydrogen-bond acceptors (Lipinski definition) is 10. The van der Waals surface area contributed by atoms with Gasteiger partial charge in [0.1, 0.15) is 27.9 Å². The number of thiazole rings is 1. The molecule has 1 fully saturated rings. The number of aromatic nitrogens is 6. The fraction of sp³-hybridized carbons (Fsp3) is 0.385. The Labute approximate surface area is 218 Å². The maximum atomic E-state index is 12.1. The minimum absolute atomic E-state index is 0.159. The summed E-state index contributed by atoms with van der Waals surface area (Å²) in [6.45, 7) is 4.19. The lowest BCUT2D eigenvalue weighted by atomic mass is 9.79. The van der Waals surface area contributed by atoms with Crippen LogP contribution in [-0.2, 0) is 22.2 Å². The average molecular weight is 520 g/mol. The molecule has 4 heterocycles. The fourth-order valence-corrected chi connectivity index (χ4v) is 5.56. The number of carbonyl (C=O) groups is 1. The van der Waals surface area contributed by atoms with Crippen LogP contribution >= 0.6 is 11.3 Å². The van der Waals surface area contributed by atoms with Crippen molar-refractivity contribution in [3.05, 3.63) is 53.4 Å². The molecule has 0 saturated heterocycles. The normalized spacial score (nSPS) is 19.5. The van der Waals surface area contributed by atoms with Crippen molar-refractivity contribution in [1.29, 1.82) is 0 Å². The van der Waals surface area contributed by atoms with Gasteiger partial charge in [-0.15, -0.1) is 16.4 Å². The van der Waals surface area contributed by atoms with Crippen molar-refractivity contribution in [2.75, 3.05) is 11.9 Å². The summed E-state index contributed by atoms with van der Waals surface area (Å²) >= 11 is 1.44. The highest BCUT2D eigenvalue weighted by molar-refractivity contribution is 7.15. The van der Waals surface area contributed by atoms with Crippen LogP contribution in [-0.4, -0.2) is 47.6 Å². The molecule has 10 nitrogen and oxygen atoms in total. The van der Waals surface area contributed by atoms with Gasteiger partial charge in [-0.05, 0) is 69.4 Å². The second-order valence-electron chi connectivity index (χ2n) is 9.33. The van der Waals surface area contributed by atoms with Crippen LogP contribution in [0, 0.1) is 12.8 Å². The molecule has 37 heavy (non-hydrogen) atoms. The molecular weight excluding hydrogens is 490 g/mol. The van der Waals surface area contributed by atoms with Gasteiger partial charge in [0.15, 0.2) is 0 Å². The van der Waals surface area contributed by atoms with E-state index in [1.807, 2.05) is 51.4 Å². The third kappa shape index (κ3) is 5.52. The molecule has 11 heteroatoms. The molecule has 0 aromatic carbocycles. The van der Waals surface area contributed by atoms with Gasteiger partial charge in [-0.3, -0.25) is 9.48 Å². The number of hydrogen-bond donors (Lipinski definition) is 2. The highest BCUT2D eigenvalue weighted by atomic mass is 32.1. The van der Waals surface area contributed by atoms with E-state index >= 15 is 0 Å². The Morgan fingerprint density at radius 1 is 1.22 bits per heavy atom. The summed E-state index contributed by atoms with van der Waals surface area (Å²) in [5.74, 6) is 0.963. The SMILES string of the molecule is CCOC(=O)[C@H]1CC[C@@](O)(c2ncc(-c3cc(C)cc(Nc4cc(-c5cn(C)nn5)ccn4)n3)s2)CC1.